The minimum absolute atomic E-state index is 0.0564. The maximum Gasteiger partial charge on any atom is 0.141 e. The van der Waals surface area contributed by atoms with Crippen LogP contribution < -0.4 is 5.73 Å². The minimum atomic E-state index is -0.341. The van der Waals surface area contributed by atoms with Gasteiger partial charge >= 0.3 is 0 Å². The standard InChI is InChI=1S/C11H12FIN4/c1-2-10(9-4-3-7(12)5-15-9)17-11(14)8(13)6-16-17/h3-6,10H,2,14H2,1H3. The monoisotopic (exact) mass is 346 g/mol. The zero-order valence-corrected chi connectivity index (χ0v) is 11.4. The number of aromatic nitrogens is 3. The number of anilines is 1. The van der Waals surface area contributed by atoms with E-state index in [1.54, 1.807) is 16.9 Å². The topological polar surface area (TPSA) is 56.7 Å². The van der Waals surface area contributed by atoms with Crippen molar-refractivity contribution in [3.05, 3.63) is 39.6 Å². The average molecular weight is 346 g/mol. The number of nitrogens with two attached hydrogens (primary N) is 1. The van der Waals surface area contributed by atoms with Gasteiger partial charge in [-0.25, -0.2) is 9.07 Å². The van der Waals surface area contributed by atoms with Crippen LogP contribution in [-0.2, 0) is 0 Å². The number of hydrogen-bond donors (Lipinski definition) is 1. The van der Waals surface area contributed by atoms with Crippen LogP contribution in [0.1, 0.15) is 25.1 Å². The van der Waals surface area contributed by atoms with Crippen molar-refractivity contribution in [2.24, 2.45) is 0 Å². The largest absolute Gasteiger partial charge is 0.383 e. The lowest BCUT2D eigenvalue weighted by Gasteiger charge is -2.16. The Morgan fingerprint density at radius 3 is 2.71 bits per heavy atom. The lowest BCUT2D eigenvalue weighted by Crippen LogP contribution is -2.15. The van der Waals surface area contributed by atoms with Gasteiger partial charge in [-0.3, -0.25) is 4.98 Å². The molecule has 0 bridgehead atoms. The Balaban J connectivity index is 2.40. The highest BCUT2D eigenvalue weighted by Gasteiger charge is 2.17. The molecule has 2 heterocycles. The zero-order chi connectivity index (χ0) is 12.4. The van der Waals surface area contributed by atoms with Crippen molar-refractivity contribution in [3.63, 3.8) is 0 Å². The molecule has 1 unspecified atom stereocenters. The molecule has 1 atom stereocenters. The summed E-state index contributed by atoms with van der Waals surface area (Å²) in [5.74, 6) is 0.273. The number of pyridine rings is 1. The average Bonchev–Trinajstić information content (AvgIpc) is 2.65. The number of nitrogen functional groups attached to an aromatic ring is 1. The second kappa shape index (κ2) is 4.99. The van der Waals surface area contributed by atoms with Crippen LogP contribution in [0.2, 0.25) is 0 Å². The number of hydrogen-bond acceptors (Lipinski definition) is 3. The van der Waals surface area contributed by atoms with Crippen LogP contribution in [0.5, 0.6) is 0 Å². The van der Waals surface area contributed by atoms with E-state index >= 15 is 0 Å². The van der Waals surface area contributed by atoms with Gasteiger partial charge in [0.1, 0.15) is 11.6 Å². The first kappa shape index (κ1) is 12.3. The Labute approximate surface area is 112 Å². The summed E-state index contributed by atoms with van der Waals surface area (Å²) in [7, 11) is 0. The third-order valence-corrected chi connectivity index (χ3v) is 3.39. The lowest BCUT2D eigenvalue weighted by molar-refractivity contribution is 0.501. The van der Waals surface area contributed by atoms with E-state index in [9.17, 15) is 4.39 Å². The summed E-state index contributed by atoms with van der Waals surface area (Å²) in [5.41, 5.74) is 6.70. The number of halogens is 2. The Kier molecular flexibility index (Phi) is 3.60. The molecule has 0 aliphatic heterocycles. The van der Waals surface area contributed by atoms with E-state index in [0.29, 0.717) is 5.82 Å². The van der Waals surface area contributed by atoms with Crippen LogP contribution in [0.25, 0.3) is 0 Å². The third kappa shape index (κ3) is 2.41. The molecule has 0 spiro atoms. The van der Waals surface area contributed by atoms with Crippen molar-refractivity contribution in [1.82, 2.24) is 14.8 Å². The molecule has 0 amide bonds. The first-order valence-electron chi connectivity index (χ1n) is 5.23. The number of nitrogens with zero attached hydrogens (tertiary/aromatic N) is 3. The van der Waals surface area contributed by atoms with E-state index in [2.05, 4.69) is 32.7 Å². The molecule has 0 radical (unpaired) electrons. The highest BCUT2D eigenvalue weighted by Crippen LogP contribution is 2.25. The fraction of sp³-hybridized carbons (Fsp3) is 0.273. The molecule has 17 heavy (non-hydrogen) atoms. The summed E-state index contributed by atoms with van der Waals surface area (Å²) < 4.78 is 15.5. The second-order valence-corrected chi connectivity index (χ2v) is 4.81. The van der Waals surface area contributed by atoms with Gasteiger partial charge in [0.15, 0.2) is 0 Å². The van der Waals surface area contributed by atoms with Gasteiger partial charge in [-0.2, -0.15) is 5.10 Å². The molecule has 2 rings (SSSR count). The third-order valence-electron chi connectivity index (χ3n) is 2.56. The normalized spacial score (nSPS) is 12.6. The summed E-state index contributed by atoms with van der Waals surface area (Å²) in [6.07, 6.45) is 3.71. The predicted octanol–water partition coefficient (Wildman–Crippen LogP) is 2.60. The van der Waals surface area contributed by atoms with Gasteiger partial charge in [-0.15, -0.1) is 0 Å². The van der Waals surface area contributed by atoms with Gasteiger partial charge in [0.05, 0.1) is 27.7 Å². The lowest BCUT2D eigenvalue weighted by atomic mass is 10.1. The Morgan fingerprint density at radius 1 is 1.47 bits per heavy atom. The molecule has 2 aromatic heterocycles. The molecule has 90 valence electrons. The summed E-state index contributed by atoms with van der Waals surface area (Å²) >= 11 is 2.13. The summed E-state index contributed by atoms with van der Waals surface area (Å²) in [6.45, 7) is 2.02. The van der Waals surface area contributed by atoms with Crippen LogP contribution in [0.3, 0.4) is 0 Å². The first-order valence-corrected chi connectivity index (χ1v) is 6.31. The molecule has 0 aliphatic rings. The maximum absolute atomic E-state index is 12.8. The van der Waals surface area contributed by atoms with Crippen molar-refractivity contribution in [2.75, 3.05) is 5.73 Å². The first-order chi connectivity index (χ1) is 8.13. The van der Waals surface area contributed by atoms with Crippen LogP contribution in [-0.4, -0.2) is 14.8 Å². The fourth-order valence-corrected chi connectivity index (χ4v) is 2.06. The van der Waals surface area contributed by atoms with Crippen molar-refractivity contribution in [3.8, 4) is 0 Å². The van der Waals surface area contributed by atoms with E-state index in [0.717, 1.165) is 15.7 Å². The van der Waals surface area contributed by atoms with Crippen molar-refractivity contribution < 1.29 is 4.39 Å². The molecular formula is C11H12FIN4. The predicted molar refractivity (Wildman–Crippen MR) is 72.0 cm³/mol. The van der Waals surface area contributed by atoms with Gasteiger partial charge in [0, 0.05) is 0 Å². The van der Waals surface area contributed by atoms with Gasteiger partial charge in [-0.05, 0) is 41.1 Å². The number of rotatable bonds is 3. The molecule has 4 nitrogen and oxygen atoms in total. The maximum atomic E-state index is 12.8. The summed E-state index contributed by atoms with van der Waals surface area (Å²) in [6, 6.07) is 3.01. The molecule has 2 aromatic rings. The molecule has 0 fully saturated rings. The molecular weight excluding hydrogens is 334 g/mol. The van der Waals surface area contributed by atoms with Crippen LogP contribution in [0, 0.1) is 9.39 Å². The van der Waals surface area contributed by atoms with Gasteiger partial charge in [0.2, 0.25) is 0 Å². The van der Waals surface area contributed by atoms with E-state index in [1.165, 1.54) is 12.3 Å². The SMILES string of the molecule is CCC(c1ccc(F)cn1)n1ncc(I)c1N. The van der Waals surface area contributed by atoms with Crippen LogP contribution in [0.4, 0.5) is 10.2 Å². The van der Waals surface area contributed by atoms with Crippen molar-refractivity contribution >= 4 is 28.4 Å². The molecule has 0 saturated heterocycles. The van der Waals surface area contributed by atoms with Gasteiger partial charge in [-0.1, -0.05) is 6.92 Å². The fourth-order valence-electron chi connectivity index (χ4n) is 1.69. The second-order valence-electron chi connectivity index (χ2n) is 3.65. The summed E-state index contributed by atoms with van der Waals surface area (Å²) in [5, 5.41) is 4.24. The Hall–Kier alpha value is -1.18. The van der Waals surface area contributed by atoms with Gasteiger partial charge in [0.25, 0.3) is 0 Å². The smallest absolute Gasteiger partial charge is 0.141 e. The molecule has 2 N–H and O–H groups in total. The van der Waals surface area contributed by atoms with Crippen molar-refractivity contribution in [2.45, 2.75) is 19.4 Å². The highest BCUT2D eigenvalue weighted by molar-refractivity contribution is 14.1. The zero-order valence-electron chi connectivity index (χ0n) is 9.27. The highest BCUT2D eigenvalue weighted by atomic mass is 127. The van der Waals surface area contributed by atoms with Crippen LogP contribution >= 0.6 is 22.6 Å². The Bertz CT molecular complexity index is 509. The molecule has 0 aromatic carbocycles. The summed E-state index contributed by atoms with van der Waals surface area (Å²) in [4.78, 5) is 4.08. The quantitative estimate of drug-likeness (QED) is 0.870. The molecule has 0 saturated carbocycles. The van der Waals surface area contributed by atoms with Gasteiger partial charge < -0.3 is 5.73 Å². The van der Waals surface area contributed by atoms with Crippen LogP contribution in [0.15, 0.2) is 24.5 Å². The molecule has 0 aliphatic carbocycles. The van der Waals surface area contributed by atoms with E-state index < -0.39 is 0 Å². The minimum Gasteiger partial charge on any atom is -0.383 e. The molecule has 6 heteroatoms. The Morgan fingerprint density at radius 2 is 2.24 bits per heavy atom. The van der Waals surface area contributed by atoms with E-state index in [1.807, 2.05) is 6.92 Å². The van der Waals surface area contributed by atoms with Crippen molar-refractivity contribution in [1.29, 1.82) is 0 Å². The van der Waals surface area contributed by atoms with E-state index in [4.69, 9.17) is 5.73 Å². The van der Waals surface area contributed by atoms with E-state index in [-0.39, 0.29) is 11.9 Å².